The van der Waals surface area contributed by atoms with Crippen molar-refractivity contribution in [1.82, 2.24) is 19.2 Å². The van der Waals surface area contributed by atoms with E-state index in [-0.39, 0.29) is 6.10 Å². The van der Waals surface area contributed by atoms with Crippen molar-refractivity contribution < 1.29 is 4.74 Å². The van der Waals surface area contributed by atoms with Gasteiger partial charge in [0.05, 0.1) is 12.2 Å². The van der Waals surface area contributed by atoms with Crippen LogP contribution in [0.15, 0.2) is 18.3 Å². The summed E-state index contributed by atoms with van der Waals surface area (Å²) >= 11 is 1.49. The normalized spacial score (nSPS) is 17.9. The van der Waals surface area contributed by atoms with Crippen molar-refractivity contribution in [2.24, 2.45) is 0 Å². The van der Waals surface area contributed by atoms with Crippen molar-refractivity contribution in [2.45, 2.75) is 38.8 Å². The summed E-state index contributed by atoms with van der Waals surface area (Å²) in [6.07, 6.45) is 3.01. The van der Waals surface area contributed by atoms with E-state index in [2.05, 4.69) is 38.0 Å². The van der Waals surface area contributed by atoms with Crippen LogP contribution in [-0.2, 0) is 6.54 Å². The Morgan fingerprint density at radius 3 is 2.96 bits per heavy atom. The first kappa shape index (κ1) is 17.1. The SMILES string of the molecule is CC(C)c1nsc(N2CCC(Oc3ccnc(CN(C)C)c3)C2)n1. The zero-order valence-corrected chi connectivity index (χ0v) is 15.6. The molecule has 130 valence electrons. The van der Waals surface area contributed by atoms with E-state index >= 15 is 0 Å². The molecule has 0 radical (unpaired) electrons. The zero-order valence-electron chi connectivity index (χ0n) is 14.8. The highest BCUT2D eigenvalue weighted by Crippen LogP contribution is 2.26. The van der Waals surface area contributed by atoms with Crippen LogP contribution in [0.25, 0.3) is 0 Å². The predicted molar refractivity (Wildman–Crippen MR) is 96.9 cm³/mol. The van der Waals surface area contributed by atoms with Gasteiger partial charge in [0.2, 0.25) is 5.13 Å². The summed E-state index contributed by atoms with van der Waals surface area (Å²) in [5.41, 5.74) is 1.03. The Hall–Kier alpha value is -1.73. The average Bonchev–Trinajstić information content (AvgIpc) is 3.15. The fraction of sp³-hybridized carbons (Fsp3) is 0.588. The van der Waals surface area contributed by atoms with Gasteiger partial charge in [-0.2, -0.15) is 4.37 Å². The third-order valence-electron chi connectivity index (χ3n) is 3.93. The van der Waals surface area contributed by atoms with Crippen molar-refractivity contribution in [2.75, 3.05) is 32.1 Å². The number of nitrogens with zero attached hydrogens (tertiary/aromatic N) is 5. The number of ether oxygens (including phenoxy) is 1. The highest BCUT2D eigenvalue weighted by atomic mass is 32.1. The van der Waals surface area contributed by atoms with Gasteiger partial charge >= 0.3 is 0 Å². The number of hydrogen-bond acceptors (Lipinski definition) is 7. The highest BCUT2D eigenvalue weighted by molar-refractivity contribution is 7.09. The summed E-state index contributed by atoms with van der Waals surface area (Å²) < 4.78 is 10.6. The zero-order chi connectivity index (χ0) is 17.1. The van der Waals surface area contributed by atoms with Crippen molar-refractivity contribution in [3.63, 3.8) is 0 Å². The highest BCUT2D eigenvalue weighted by Gasteiger charge is 2.27. The van der Waals surface area contributed by atoms with E-state index in [1.54, 1.807) is 0 Å². The molecule has 0 spiro atoms. The first-order valence-corrected chi connectivity index (χ1v) is 9.13. The molecule has 1 unspecified atom stereocenters. The Kier molecular flexibility index (Phi) is 5.30. The third kappa shape index (κ3) is 4.21. The molecule has 0 aliphatic carbocycles. The second-order valence-corrected chi connectivity index (χ2v) is 7.52. The molecule has 2 aromatic heterocycles. The Bertz CT molecular complexity index is 673. The average molecular weight is 347 g/mol. The van der Waals surface area contributed by atoms with E-state index in [1.165, 1.54) is 11.5 Å². The number of hydrogen-bond donors (Lipinski definition) is 0. The molecule has 3 heterocycles. The van der Waals surface area contributed by atoms with Crippen LogP contribution in [0, 0.1) is 0 Å². The van der Waals surface area contributed by atoms with Gasteiger partial charge in [-0.05, 0) is 20.2 Å². The Morgan fingerprint density at radius 1 is 1.42 bits per heavy atom. The lowest BCUT2D eigenvalue weighted by molar-refractivity contribution is 0.224. The van der Waals surface area contributed by atoms with Crippen molar-refractivity contribution >= 4 is 16.7 Å². The molecule has 2 aromatic rings. The summed E-state index contributed by atoms with van der Waals surface area (Å²) in [7, 11) is 4.08. The maximum Gasteiger partial charge on any atom is 0.205 e. The molecule has 1 atom stereocenters. The van der Waals surface area contributed by atoms with E-state index in [1.807, 2.05) is 32.4 Å². The standard InChI is InChI=1S/C17H25N5OS/c1-12(2)16-19-17(24-20-16)22-8-6-15(11-22)23-14-5-7-18-13(9-14)10-21(3)4/h5,7,9,12,15H,6,8,10-11H2,1-4H3. The molecule has 24 heavy (non-hydrogen) atoms. The van der Waals surface area contributed by atoms with Gasteiger partial charge in [-0.3, -0.25) is 4.98 Å². The maximum absolute atomic E-state index is 6.16. The number of pyridine rings is 1. The number of anilines is 1. The fourth-order valence-corrected chi connectivity index (χ4v) is 3.56. The van der Waals surface area contributed by atoms with Crippen LogP contribution in [0.3, 0.4) is 0 Å². The Morgan fingerprint density at radius 2 is 2.25 bits per heavy atom. The molecule has 6 nitrogen and oxygen atoms in total. The largest absolute Gasteiger partial charge is 0.488 e. The molecule has 1 saturated heterocycles. The van der Waals surface area contributed by atoms with Crippen molar-refractivity contribution in [1.29, 1.82) is 0 Å². The van der Waals surface area contributed by atoms with Crippen LogP contribution in [0.2, 0.25) is 0 Å². The molecule has 1 aliphatic rings. The first-order valence-electron chi connectivity index (χ1n) is 8.36. The maximum atomic E-state index is 6.16. The van der Waals surface area contributed by atoms with E-state index in [0.29, 0.717) is 5.92 Å². The minimum absolute atomic E-state index is 0.186. The quantitative estimate of drug-likeness (QED) is 0.801. The monoisotopic (exact) mass is 347 g/mol. The Balaban J connectivity index is 1.59. The fourth-order valence-electron chi connectivity index (χ4n) is 2.72. The molecule has 0 aromatic carbocycles. The lowest BCUT2D eigenvalue weighted by Gasteiger charge is -2.16. The van der Waals surface area contributed by atoms with Crippen molar-refractivity contribution in [3.8, 4) is 5.75 Å². The van der Waals surface area contributed by atoms with Gasteiger partial charge in [0, 0.05) is 49.2 Å². The first-order chi connectivity index (χ1) is 11.5. The number of aromatic nitrogens is 3. The summed E-state index contributed by atoms with van der Waals surface area (Å²) in [6, 6.07) is 3.97. The van der Waals surface area contributed by atoms with Gasteiger partial charge in [0.25, 0.3) is 0 Å². The molecular formula is C17H25N5OS. The molecule has 0 amide bonds. The van der Waals surface area contributed by atoms with Crippen LogP contribution in [0.4, 0.5) is 5.13 Å². The molecule has 0 bridgehead atoms. The molecule has 7 heteroatoms. The van der Waals surface area contributed by atoms with Gasteiger partial charge in [0.15, 0.2) is 0 Å². The van der Waals surface area contributed by atoms with E-state index in [0.717, 1.165) is 48.5 Å². The topological polar surface area (TPSA) is 54.4 Å². The predicted octanol–water partition coefficient (Wildman–Crippen LogP) is 2.78. The van der Waals surface area contributed by atoms with Crippen LogP contribution in [0.5, 0.6) is 5.75 Å². The molecular weight excluding hydrogens is 322 g/mol. The molecule has 3 rings (SSSR count). The lowest BCUT2D eigenvalue weighted by atomic mass is 10.2. The van der Waals surface area contributed by atoms with Crippen molar-refractivity contribution in [3.05, 3.63) is 29.8 Å². The Labute approximate surface area is 147 Å². The second-order valence-electron chi connectivity index (χ2n) is 6.79. The molecule has 1 fully saturated rings. The van der Waals surface area contributed by atoms with Gasteiger partial charge in [0.1, 0.15) is 17.7 Å². The molecule has 0 saturated carbocycles. The lowest BCUT2D eigenvalue weighted by Crippen LogP contribution is -2.24. The minimum atomic E-state index is 0.186. The van der Waals surface area contributed by atoms with Gasteiger partial charge in [-0.25, -0.2) is 4.98 Å². The summed E-state index contributed by atoms with van der Waals surface area (Å²) in [6.45, 7) is 6.88. The second kappa shape index (κ2) is 7.44. The van der Waals surface area contributed by atoms with Crippen LogP contribution < -0.4 is 9.64 Å². The summed E-state index contributed by atoms with van der Waals surface area (Å²) in [5.74, 6) is 2.20. The van der Waals surface area contributed by atoms with E-state index in [9.17, 15) is 0 Å². The van der Waals surface area contributed by atoms with Gasteiger partial charge in [-0.1, -0.05) is 13.8 Å². The third-order valence-corrected chi connectivity index (χ3v) is 4.72. The summed E-state index contributed by atoms with van der Waals surface area (Å²) in [5, 5.41) is 1.01. The van der Waals surface area contributed by atoms with Crippen LogP contribution in [-0.4, -0.2) is 52.5 Å². The van der Waals surface area contributed by atoms with Crippen LogP contribution >= 0.6 is 11.5 Å². The van der Waals surface area contributed by atoms with Gasteiger partial charge < -0.3 is 14.5 Å². The molecule has 0 N–H and O–H groups in total. The van der Waals surface area contributed by atoms with Crippen LogP contribution in [0.1, 0.15) is 37.7 Å². The van der Waals surface area contributed by atoms with E-state index < -0.39 is 0 Å². The summed E-state index contributed by atoms with van der Waals surface area (Å²) in [4.78, 5) is 13.4. The van der Waals surface area contributed by atoms with Gasteiger partial charge in [-0.15, -0.1) is 0 Å². The number of rotatable bonds is 6. The van der Waals surface area contributed by atoms with E-state index in [4.69, 9.17) is 4.74 Å². The minimum Gasteiger partial charge on any atom is -0.488 e. The molecule has 1 aliphatic heterocycles. The smallest absolute Gasteiger partial charge is 0.205 e.